The molecule has 21 heavy (non-hydrogen) atoms. The largest absolute Gasteiger partial charge is 0.396 e. The molecule has 0 radical (unpaired) electrons. The van der Waals surface area contributed by atoms with Gasteiger partial charge < -0.3 is 11.1 Å². The van der Waals surface area contributed by atoms with Gasteiger partial charge in [0.2, 0.25) is 0 Å². The lowest BCUT2D eigenvalue weighted by molar-refractivity contribution is 0.0931. The van der Waals surface area contributed by atoms with Crippen LogP contribution in [-0.4, -0.2) is 5.91 Å². The highest BCUT2D eigenvalue weighted by Crippen LogP contribution is 2.21. The van der Waals surface area contributed by atoms with E-state index in [-0.39, 0.29) is 5.69 Å². The number of amides is 1. The standard InChI is InChI=1S/C15H13BrF2N2O/c1-8(9-2-4-10(16)5-3-9)20-15(21)13-11(17)6-7-12(19)14(13)18/h2-8H,19H2,1H3,(H,20,21). The van der Waals surface area contributed by atoms with Crippen molar-refractivity contribution in [3.63, 3.8) is 0 Å². The molecule has 0 fully saturated rings. The molecule has 2 aromatic rings. The zero-order valence-electron chi connectivity index (χ0n) is 11.2. The minimum absolute atomic E-state index is 0.266. The van der Waals surface area contributed by atoms with Crippen LogP contribution in [0.3, 0.4) is 0 Å². The molecular formula is C15H13BrF2N2O. The minimum Gasteiger partial charge on any atom is -0.396 e. The van der Waals surface area contributed by atoms with Gasteiger partial charge in [0.15, 0.2) is 5.82 Å². The number of nitrogens with two attached hydrogens (primary N) is 1. The lowest BCUT2D eigenvalue weighted by Gasteiger charge is -2.15. The van der Waals surface area contributed by atoms with Gasteiger partial charge in [0.25, 0.3) is 5.91 Å². The Morgan fingerprint density at radius 2 is 1.81 bits per heavy atom. The molecule has 0 saturated heterocycles. The van der Waals surface area contributed by atoms with E-state index in [4.69, 9.17) is 5.73 Å². The molecule has 0 aromatic heterocycles. The van der Waals surface area contributed by atoms with Gasteiger partial charge >= 0.3 is 0 Å². The number of nitrogens with one attached hydrogen (secondary N) is 1. The Kier molecular flexibility index (Phi) is 4.57. The monoisotopic (exact) mass is 354 g/mol. The van der Waals surface area contributed by atoms with Crippen LogP contribution in [-0.2, 0) is 0 Å². The van der Waals surface area contributed by atoms with E-state index in [1.807, 2.05) is 12.1 Å². The lowest BCUT2D eigenvalue weighted by Crippen LogP contribution is -2.28. The number of benzene rings is 2. The summed E-state index contributed by atoms with van der Waals surface area (Å²) < 4.78 is 28.3. The molecule has 110 valence electrons. The molecule has 0 aliphatic heterocycles. The second-order valence-corrected chi connectivity index (χ2v) is 5.49. The van der Waals surface area contributed by atoms with Crippen molar-refractivity contribution in [2.75, 3.05) is 5.73 Å². The molecule has 0 heterocycles. The Balaban J connectivity index is 2.22. The van der Waals surface area contributed by atoms with Gasteiger partial charge in [-0.1, -0.05) is 28.1 Å². The topological polar surface area (TPSA) is 55.1 Å². The molecule has 2 rings (SSSR count). The summed E-state index contributed by atoms with van der Waals surface area (Å²) in [6, 6.07) is 8.91. The van der Waals surface area contributed by atoms with E-state index in [9.17, 15) is 13.6 Å². The van der Waals surface area contributed by atoms with E-state index in [0.29, 0.717) is 0 Å². The maximum absolute atomic E-state index is 13.8. The van der Waals surface area contributed by atoms with Crippen molar-refractivity contribution >= 4 is 27.5 Å². The summed E-state index contributed by atoms with van der Waals surface area (Å²) in [4.78, 5) is 12.0. The Labute approximate surface area is 129 Å². The van der Waals surface area contributed by atoms with Crippen LogP contribution in [0.2, 0.25) is 0 Å². The lowest BCUT2D eigenvalue weighted by atomic mass is 10.1. The highest BCUT2D eigenvalue weighted by molar-refractivity contribution is 9.10. The van der Waals surface area contributed by atoms with Crippen LogP contribution in [0.4, 0.5) is 14.5 Å². The summed E-state index contributed by atoms with van der Waals surface area (Å²) in [5.41, 5.74) is 5.24. The van der Waals surface area contributed by atoms with Crippen molar-refractivity contribution in [2.45, 2.75) is 13.0 Å². The van der Waals surface area contributed by atoms with Gasteiger partial charge in [-0.25, -0.2) is 8.78 Å². The Bertz CT molecular complexity index is 674. The van der Waals surface area contributed by atoms with Crippen LogP contribution in [0, 0.1) is 11.6 Å². The van der Waals surface area contributed by atoms with Gasteiger partial charge in [-0.15, -0.1) is 0 Å². The molecule has 0 spiro atoms. The van der Waals surface area contributed by atoms with Crippen LogP contribution in [0.25, 0.3) is 0 Å². The number of halogens is 3. The second-order valence-electron chi connectivity index (χ2n) is 4.57. The van der Waals surface area contributed by atoms with Crippen molar-refractivity contribution in [1.29, 1.82) is 0 Å². The van der Waals surface area contributed by atoms with Crippen molar-refractivity contribution < 1.29 is 13.6 Å². The van der Waals surface area contributed by atoms with E-state index >= 15 is 0 Å². The van der Waals surface area contributed by atoms with E-state index in [1.54, 1.807) is 19.1 Å². The van der Waals surface area contributed by atoms with Crippen LogP contribution in [0.5, 0.6) is 0 Å². The number of hydrogen-bond acceptors (Lipinski definition) is 2. The Morgan fingerprint density at radius 1 is 1.19 bits per heavy atom. The Hall–Kier alpha value is -1.95. The fraction of sp³-hybridized carbons (Fsp3) is 0.133. The molecule has 1 unspecified atom stereocenters. The van der Waals surface area contributed by atoms with E-state index in [0.717, 1.165) is 22.2 Å². The molecule has 0 aliphatic rings. The van der Waals surface area contributed by atoms with Crippen molar-refractivity contribution in [3.05, 3.63) is 63.6 Å². The van der Waals surface area contributed by atoms with E-state index in [1.165, 1.54) is 0 Å². The summed E-state index contributed by atoms with van der Waals surface area (Å²) in [6.07, 6.45) is 0. The molecule has 0 saturated carbocycles. The highest BCUT2D eigenvalue weighted by atomic mass is 79.9. The fourth-order valence-corrected chi connectivity index (χ4v) is 2.14. The number of carbonyl (C=O) groups is 1. The fourth-order valence-electron chi connectivity index (χ4n) is 1.88. The normalized spacial score (nSPS) is 12.0. The highest BCUT2D eigenvalue weighted by Gasteiger charge is 2.21. The third kappa shape index (κ3) is 3.39. The van der Waals surface area contributed by atoms with Gasteiger partial charge in [-0.3, -0.25) is 4.79 Å². The van der Waals surface area contributed by atoms with E-state index in [2.05, 4.69) is 21.2 Å². The maximum atomic E-state index is 13.8. The average molecular weight is 355 g/mol. The number of carbonyl (C=O) groups excluding carboxylic acids is 1. The smallest absolute Gasteiger partial charge is 0.257 e. The zero-order chi connectivity index (χ0) is 15.6. The van der Waals surface area contributed by atoms with Crippen molar-refractivity contribution in [3.8, 4) is 0 Å². The number of nitrogen functional groups attached to an aromatic ring is 1. The van der Waals surface area contributed by atoms with Gasteiger partial charge in [0, 0.05) is 4.47 Å². The second kappa shape index (κ2) is 6.22. The molecule has 3 N–H and O–H groups in total. The predicted octanol–water partition coefficient (Wildman–Crippen LogP) is 3.80. The predicted molar refractivity (Wildman–Crippen MR) is 80.8 cm³/mol. The quantitative estimate of drug-likeness (QED) is 0.823. The molecule has 0 bridgehead atoms. The summed E-state index contributed by atoms with van der Waals surface area (Å²) in [6.45, 7) is 1.73. The van der Waals surface area contributed by atoms with Crippen LogP contribution >= 0.6 is 15.9 Å². The first-order chi connectivity index (χ1) is 9.90. The van der Waals surface area contributed by atoms with Crippen LogP contribution < -0.4 is 11.1 Å². The first-order valence-corrected chi connectivity index (χ1v) is 6.99. The molecule has 1 amide bonds. The SMILES string of the molecule is CC(NC(=O)c1c(F)ccc(N)c1F)c1ccc(Br)cc1. The van der Waals surface area contributed by atoms with E-state index < -0.39 is 29.1 Å². The Morgan fingerprint density at radius 3 is 2.43 bits per heavy atom. The molecular weight excluding hydrogens is 342 g/mol. The first kappa shape index (κ1) is 15.4. The summed E-state index contributed by atoms with van der Waals surface area (Å²) in [5, 5.41) is 2.55. The van der Waals surface area contributed by atoms with Gasteiger partial charge in [-0.05, 0) is 36.8 Å². The zero-order valence-corrected chi connectivity index (χ0v) is 12.7. The minimum atomic E-state index is -1.05. The molecule has 0 aliphatic carbocycles. The third-order valence-electron chi connectivity index (χ3n) is 3.07. The van der Waals surface area contributed by atoms with Crippen LogP contribution in [0.1, 0.15) is 28.9 Å². The molecule has 3 nitrogen and oxygen atoms in total. The van der Waals surface area contributed by atoms with Crippen molar-refractivity contribution in [1.82, 2.24) is 5.32 Å². The average Bonchev–Trinajstić information content (AvgIpc) is 2.44. The molecule has 6 heteroatoms. The van der Waals surface area contributed by atoms with Gasteiger partial charge in [0.1, 0.15) is 11.4 Å². The number of anilines is 1. The number of rotatable bonds is 3. The molecule has 1 atom stereocenters. The third-order valence-corrected chi connectivity index (χ3v) is 3.59. The van der Waals surface area contributed by atoms with Gasteiger partial charge in [-0.2, -0.15) is 0 Å². The first-order valence-electron chi connectivity index (χ1n) is 6.20. The summed E-state index contributed by atoms with van der Waals surface area (Å²) >= 11 is 3.31. The maximum Gasteiger partial charge on any atom is 0.257 e. The number of hydrogen-bond donors (Lipinski definition) is 2. The summed E-state index contributed by atoms with van der Waals surface area (Å²) in [5.74, 6) is -2.83. The molecule has 2 aromatic carbocycles. The summed E-state index contributed by atoms with van der Waals surface area (Å²) in [7, 11) is 0. The van der Waals surface area contributed by atoms with Gasteiger partial charge in [0.05, 0.1) is 11.7 Å². The van der Waals surface area contributed by atoms with Crippen LogP contribution in [0.15, 0.2) is 40.9 Å². The van der Waals surface area contributed by atoms with Crippen molar-refractivity contribution in [2.24, 2.45) is 0 Å².